The minimum absolute atomic E-state index is 0.230. The van der Waals surface area contributed by atoms with Gasteiger partial charge in [0, 0.05) is 5.56 Å². The van der Waals surface area contributed by atoms with Crippen LogP contribution in [0.1, 0.15) is 10.4 Å². The SMILES string of the molecule is C#CCOc1ccc(C(=O)S)cc1. The summed E-state index contributed by atoms with van der Waals surface area (Å²) in [6.07, 6.45) is 5.01. The summed E-state index contributed by atoms with van der Waals surface area (Å²) in [5.41, 5.74) is 0.538. The van der Waals surface area contributed by atoms with Gasteiger partial charge in [0.05, 0.1) is 0 Å². The Morgan fingerprint density at radius 3 is 2.54 bits per heavy atom. The minimum atomic E-state index is -0.261. The highest BCUT2D eigenvalue weighted by molar-refractivity contribution is 7.97. The predicted octanol–water partition coefficient (Wildman–Crippen LogP) is 1.77. The Balaban J connectivity index is 2.71. The molecular formula is C10H8O2S. The van der Waals surface area contributed by atoms with Crippen molar-refractivity contribution < 1.29 is 9.53 Å². The summed E-state index contributed by atoms with van der Waals surface area (Å²) in [6.45, 7) is 0.230. The molecule has 1 aromatic rings. The second kappa shape index (κ2) is 4.58. The summed E-state index contributed by atoms with van der Waals surface area (Å²) < 4.78 is 5.12. The summed E-state index contributed by atoms with van der Waals surface area (Å²) in [5.74, 6) is 3.00. The van der Waals surface area contributed by atoms with Crippen molar-refractivity contribution in [2.75, 3.05) is 6.61 Å². The summed E-state index contributed by atoms with van der Waals surface area (Å²) in [5, 5.41) is -0.261. The molecule has 0 atom stereocenters. The Hall–Kier alpha value is -1.40. The maximum atomic E-state index is 10.8. The second-order valence-electron chi connectivity index (χ2n) is 2.32. The molecule has 2 nitrogen and oxygen atoms in total. The van der Waals surface area contributed by atoms with Crippen LogP contribution in [-0.4, -0.2) is 11.7 Å². The van der Waals surface area contributed by atoms with E-state index in [0.717, 1.165) is 0 Å². The van der Waals surface area contributed by atoms with Crippen LogP contribution < -0.4 is 4.74 Å². The number of hydrogen-bond donors (Lipinski definition) is 1. The third-order valence-electron chi connectivity index (χ3n) is 1.42. The molecule has 0 fully saturated rings. The predicted molar refractivity (Wildman–Crippen MR) is 54.1 cm³/mol. The quantitative estimate of drug-likeness (QED) is 0.583. The van der Waals surface area contributed by atoms with Crippen LogP contribution in [-0.2, 0) is 0 Å². The molecular weight excluding hydrogens is 184 g/mol. The van der Waals surface area contributed by atoms with E-state index in [1.165, 1.54) is 0 Å². The zero-order valence-electron chi connectivity index (χ0n) is 6.86. The van der Waals surface area contributed by atoms with Crippen LogP contribution in [0.25, 0.3) is 0 Å². The maximum Gasteiger partial charge on any atom is 0.216 e. The molecule has 0 bridgehead atoms. The van der Waals surface area contributed by atoms with Crippen LogP contribution in [0.4, 0.5) is 0 Å². The first kappa shape index (κ1) is 9.69. The molecule has 0 aromatic heterocycles. The van der Waals surface area contributed by atoms with Crippen molar-refractivity contribution >= 4 is 17.7 Å². The van der Waals surface area contributed by atoms with Gasteiger partial charge in [-0.05, 0) is 24.3 Å². The maximum absolute atomic E-state index is 10.8. The highest BCUT2D eigenvalue weighted by atomic mass is 32.1. The van der Waals surface area contributed by atoms with Gasteiger partial charge in [0.2, 0.25) is 5.12 Å². The molecule has 0 aliphatic rings. The fraction of sp³-hybridized carbons (Fsp3) is 0.100. The Labute approximate surface area is 82.3 Å². The molecule has 0 aliphatic carbocycles. The van der Waals surface area contributed by atoms with Crippen molar-refractivity contribution in [1.29, 1.82) is 0 Å². The first-order chi connectivity index (χ1) is 6.24. The molecule has 66 valence electrons. The van der Waals surface area contributed by atoms with E-state index in [2.05, 4.69) is 18.5 Å². The number of benzene rings is 1. The summed E-state index contributed by atoms with van der Waals surface area (Å²) >= 11 is 3.68. The minimum Gasteiger partial charge on any atom is -0.481 e. The van der Waals surface area contributed by atoms with Gasteiger partial charge >= 0.3 is 0 Å². The molecule has 0 spiro atoms. The first-order valence-electron chi connectivity index (χ1n) is 3.63. The van der Waals surface area contributed by atoms with Crippen LogP contribution in [0.5, 0.6) is 5.75 Å². The first-order valence-corrected chi connectivity index (χ1v) is 4.08. The number of rotatable bonds is 3. The van der Waals surface area contributed by atoms with Crippen LogP contribution in [0.3, 0.4) is 0 Å². The van der Waals surface area contributed by atoms with Crippen LogP contribution in [0.2, 0.25) is 0 Å². The zero-order valence-corrected chi connectivity index (χ0v) is 7.75. The Morgan fingerprint density at radius 1 is 1.46 bits per heavy atom. The molecule has 0 N–H and O–H groups in total. The van der Waals surface area contributed by atoms with Crippen molar-refractivity contribution in [2.24, 2.45) is 0 Å². The Bertz CT molecular complexity index is 335. The number of hydrogen-bond acceptors (Lipinski definition) is 2. The summed E-state index contributed by atoms with van der Waals surface area (Å²) in [4.78, 5) is 10.8. The van der Waals surface area contributed by atoms with E-state index >= 15 is 0 Å². The molecule has 0 saturated heterocycles. The lowest BCUT2D eigenvalue weighted by molar-refractivity contribution is 0.109. The van der Waals surface area contributed by atoms with E-state index in [4.69, 9.17) is 11.2 Å². The third-order valence-corrected chi connectivity index (χ3v) is 1.68. The fourth-order valence-electron chi connectivity index (χ4n) is 0.819. The van der Waals surface area contributed by atoms with E-state index in [9.17, 15) is 4.79 Å². The largest absolute Gasteiger partial charge is 0.481 e. The van der Waals surface area contributed by atoms with E-state index in [0.29, 0.717) is 11.3 Å². The average molecular weight is 192 g/mol. The van der Waals surface area contributed by atoms with Gasteiger partial charge in [-0.15, -0.1) is 19.1 Å². The molecule has 3 heteroatoms. The van der Waals surface area contributed by atoms with Gasteiger partial charge in [-0.2, -0.15) is 0 Å². The number of terminal acetylenes is 1. The van der Waals surface area contributed by atoms with Gasteiger partial charge in [0.25, 0.3) is 0 Å². The van der Waals surface area contributed by atoms with Gasteiger partial charge < -0.3 is 4.74 Å². The standard InChI is InChI=1S/C10H8O2S/c1-2-7-12-9-5-3-8(4-6-9)10(11)13/h1,3-6H,7H2,(H,11,13). The molecule has 1 aromatic carbocycles. The van der Waals surface area contributed by atoms with Crippen molar-refractivity contribution in [2.45, 2.75) is 0 Å². The third kappa shape index (κ3) is 2.85. The number of carbonyl (C=O) groups excluding carboxylic acids is 1. The highest BCUT2D eigenvalue weighted by Gasteiger charge is 1.99. The van der Waals surface area contributed by atoms with Crippen molar-refractivity contribution in [1.82, 2.24) is 0 Å². The summed E-state index contributed by atoms with van der Waals surface area (Å²) in [6, 6.07) is 6.64. The molecule has 0 unspecified atom stereocenters. The van der Waals surface area contributed by atoms with Gasteiger partial charge in [0.1, 0.15) is 12.4 Å². The van der Waals surface area contributed by atoms with Crippen molar-refractivity contribution in [3.05, 3.63) is 29.8 Å². The normalized spacial score (nSPS) is 8.92. The van der Waals surface area contributed by atoms with Crippen LogP contribution in [0.15, 0.2) is 24.3 Å². The molecule has 0 heterocycles. The van der Waals surface area contributed by atoms with Gasteiger partial charge in [-0.3, -0.25) is 4.79 Å². The summed E-state index contributed by atoms with van der Waals surface area (Å²) in [7, 11) is 0. The monoisotopic (exact) mass is 192 g/mol. The van der Waals surface area contributed by atoms with Crippen molar-refractivity contribution in [3.8, 4) is 18.1 Å². The lowest BCUT2D eigenvalue weighted by Gasteiger charge is -2.01. The smallest absolute Gasteiger partial charge is 0.216 e. The number of carbonyl (C=O) groups is 1. The lowest BCUT2D eigenvalue weighted by Crippen LogP contribution is -1.94. The Morgan fingerprint density at radius 2 is 2.08 bits per heavy atom. The topological polar surface area (TPSA) is 26.3 Å². The second-order valence-corrected chi connectivity index (χ2v) is 2.73. The van der Waals surface area contributed by atoms with E-state index in [-0.39, 0.29) is 11.7 Å². The zero-order chi connectivity index (χ0) is 9.68. The molecule has 0 saturated carbocycles. The molecule has 13 heavy (non-hydrogen) atoms. The number of ether oxygens (including phenoxy) is 1. The fourth-order valence-corrected chi connectivity index (χ4v) is 0.968. The molecule has 0 radical (unpaired) electrons. The van der Waals surface area contributed by atoms with Crippen LogP contribution >= 0.6 is 12.6 Å². The van der Waals surface area contributed by atoms with Gasteiger partial charge in [0.15, 0.2) is 0 Å². The highest BCUT2D eigenvalue weighted by Crippen LogP contribution is 2.12. The van der Waals surface area contributed by atoms with Crippen molar-refractivity contribution in [3.63, 3.8) is 0 Å². The molecule has 0 aliphatic heterocycles. The Kier molecular flexibility index (Phi) is 3.41. The van der Waals surface area contributed by atoms with E-state index in [1.54, 1.807) is 24.3 Å². The molecule has 0 amide bonds. The van der Waals surface area contributed by atoms with Gasteiger partial charge in [-0.1, -0.05) is 5.92 Å². The average Bonchev–Trinajstić information content (AvgIpc) is 2.15. The van der Waals surface area contributed by atoms with E-state index in [1.807, 2.05) is 0 Å². The van der Waals surface area contributed by atoms with Crippen LogP contribution in [0, 0.1) is 12.3 Å². The molecule has 1 rings (SSSR count). The number of thiol groups is 1. The van der Waals surface area contributed by atoms with Gasteiger partial charge in [-0.25, -0.2) is 0 Å². The lowest BCUT2D eigenvalue weighted by atomic mass is 10.2. The van der Waals surface area contributed by atoms with E-state index < -0.39 is 0 Å².